The summed E-state index contributed by atoms with van der Waals surface area (Å²) in [5.74, 6) is -2.03. The SMILES string of the molecule is Cc1cc(=O)c(O)c(C(c2ccco2)c2oc(C)cc(=O)c2O)o1. The van der Waals surface area contributed by atoms with Crippen molar-refractivity contribution >= 4 is 0 Å². The lowest BCUT2D eigenvalue weighted by Gasteiger charge is -2.16. The molecule has 0 saturated carbocycles. The average Bonchev–Trinajstić information content (AvgIpc) is 3.03. The van der Waals surface area contributed by atoms with Crippen molar-refractivity contribution in [3.8, 4) is 11.5 Å². The summed E-state index contributed by atoms with van der Waals surface area (Å²) >= 11 is 0. The fourth-order valence-corrected chi connectivity index (χ4v) is 2.48. The summed E-state index contributed by atoms with van der Waals surface area (Å²) in [7, 11) is 0. The zero-order chi connectivity index (χ0) is 17.4. The standard InChI is InChI=1S/C17H14O7/c1-8-6-10(18)14(20)16(23-8)13(12-4-3-5-22-12)17-15(21)11(19)7-9(2)24-17/h3-7,13,20-21H,1-2H3. The van der Waals surface area contributed by atoms with Gasteiger partial charge in [0.1, 0.15) is 23.2 Å². The highest BCUT2D eigenvalue weighted by atomic mass is 16.4. The third-order valence-corrected chi connectivity index (χ3v) is 3.50. The molecule has 3 aromatic rings. The molecule has 7 heteroatoms. The Bertz CT molecular complexity index is 927. The van der Waals surface area contributed by atoms with Crippen molar-refractivity contribution in [3.63, 3.8) is 0 Å². The molecule has 3 heterocycles. The van der Waals surface area contributed by atoms with Crippen molar-refractivity contribution in [2.24, 2.45) is 0 Å². The van der Waals surface area contributed by atoms with E-state index in [-0.39, 0.29) is 28.8 Å². The first kappa shape index (κ1) is 15.7. The predicted molar refractivity (Wildman–Crippen MR) is 82.4 cm³/mol. The zero-order valence-electron chi connectivity index (χ0n) is 12.9. The van der Waals surface area contributed by atoms with Crippen LogP contribution in [0.15, 0.2) is 53.4 Å². The van der Waals surface area contributed by atoms with E-state index in [1.54, 1.807) is 12.1 Å². The largest absolute Gasteiger partial charge is 0.502 e. The second-order valence-electron chi connectivity index (χ2n) is 5.32. The molecule has 0 fully saturated rings. The fraction of sp³-hybridized carbons (Fsp3) is 0.176. The zero-order valence-corrected chi connectivity index (χ0v) is 12.9. The van der Waals surface area contributed by atoms with Gasteiger partial charge in [-0.05, 0) is 26.0 Å². The molecule has 24 heavy (non-hydrogen) atoms. The number of hydrogen-bond donors (Lipinski definition) is 2. The summed E-state index contributed by atoms with van der Waals surface area (Å²) in [5, 5.41) is 20.3. The average molecular weight is 330 g/mol. The van der Waals surface area contributed by atoms with Crippen molar-refractivity contribution in [1.29, 1.82) is 0 Å². The third kappa shape index (κ3) is 2.60. The maximum atomic E-state index is 11.9. The Morgan fingerprint density at radius 3 is 1.83 bits per heavy atom. The van der Waals surface area contributed by atoms with Gasteiger partial charge in [0.05, 0.1) is 6.26 Å². The molecule has 0 aliphatic carbocycles. The molecule has 3 rings (SSSR count). The Kier molecular flexibility index (Phi) is 3.76. The molecule has 0 aromatic carbocycles. The number of aromatic hydroxyl groups is 2. The van der Waals surface area contributed by atoms with Gasteiger partial charge in [-0.2, -0.15) is 0 Å². The van der Waals surface area contributed by atoms with Gasteiger partial charge < -0.3 is 23.5 Å². The van der Waals surface area contributed by atoms with Gasteiger partial charge >= 0.3 is 0 Å². The van der Waals surface area contributed by atoms with Gasteiger partial charge in [0.25, 0.3) is 0 Å². The van der Waals surface area contributed by atoms with E-state index in [1.165, 1.54) is 20.1 Å². The van der Waals surface area contributed by atoms with Crippen molar-refractivity contribution in [2.75, 3.05) is 0 Å². The molecule has 0 aliphatic heterocycles. The van der Waals surface area contributed by atoms with E-state index in [4.69, 9.17) is 13.3 Å². The molecule has 7 nitrogen and oxygen atoms in total. The van der Waals surface area contributed by atoms with E-state index in [0.29, 0.717) is 0 Å². The quantitative estimate of drug-likeness (QED) is 0.757. The van der Waals surface area contributed by atoms with Crippen LogP contribution in [0.5, 0.6) is 11.5 Å². The first-order chi connectivity index (χ1) is 11.4. The fourth-order valence-electron chi connectivity index (χ4n) is 2.48. The van der Waals surface area contributed by atoms with Gasteiger partial charge in [-0.25, -0.2) is 0 Å². The molecule has 3 aromatic heterocycles. The Morgan fingerprint density at radius 2 is 1.42 bits per heavy atom. The molecule has 0 saturated heterocycles. The highest BCUT2D eigenvalue weighted by molar-refractivity contribution is 5.42. The Labute approximate surface area is 135 Å². The van der Waals surface area contributed by atoms with E-state index in [9.17, 15) is 19.8 Å². The van der Waals surface area contributed by atoms with E-state index >= 15 is 0 Å². The first-order valence-corrected chi connectivity index (χ1v) is 7.09. The summed E-state index contributed by atoms with van der Waals surface area (Å²) in [5.41, 5.74) is -1.31. The van der Waals surface area contributed by atoms with E-state index in [0.717, 1.165) is 12.1 Å². The monoisotopic (exact) mass is 330 g/mol. The van der Waals surface area contributed by atoms with Gasteiger partial charge in [0.2, 0.25) is 22.4 Å². The Morgan fingerprint density at radius 1 is 0.917 bits per heavy atom. The van der Waals surface area contributed by atoms with Crippen LogP contribution in [0.2, 0.25) is 0 Å². The highest BCUT2D eigenvalue weighted by Crippen LogP contribution is 2.39. The van der Waals surface area contributed by atoms with E-state index < -0.39 is 28.3 Å². The van der Waals surface area contributed by atoms with Crippen LogP contribution in [-0.2, 0) is 0 Å². The van der Waals surface area contributed by atoms with Crippen LogP contribution >= 0.6 is 0 Å². The minimum Gasteiger partial charge on any atom is -0.502 e. The van der Waals surface area contributed by atoms with Gasteiger partial charge in [-0.1, -0.05) is 0 Å². The molecule has 0 unspecified atom stereocenters. The molecule has 0 atom stereocenters. The van der Waals surface area contributed by atoms with Crippen LogP contribution in [-0.4, -0.2) is 10.2 Å². The van der Waals surface area contributed by atoms with E-state index in [2.05, 4.69) is 0 Å². The lowest BCUT2D eigenvalue weighted by Crippen LogP contribution is -2.12. The Balaban J connectivity index is 2.36. The summed E-state index contributed by atoms with van der Waals surface area (Å²) in [6.07, 6.45) is 1.37. The van der Waals surface area contributed by atoms with Gasteiger partial charge in [-0.15, -0.1) is 0 Å². The lowest BCUT2D eigenvalue weighted by molar-refractivity contribution is 0.329. The highest BCUT2D eigenvalue weighted by Gasteiger charge is 2.32. The summed E-state index contributed by atoms with van der Waals surface area (Å²) in [4.78, 5) is 23.8. The normalized spacial score (nSPS) is 11.1. The molecule has 2 N–H and O–H groups in total. The number of rotatable bonds is 3. The predicted octanol–water partition coefficient (Wildman–Crippen LogP) is 2.39. The molecule has 0 aliphatic rings. The van der Waals surface area contributed by atoms with Crippen LogP contribution in [0.1, 0.15) is 34.7 Å². The number of hydrogen-bond acceptors (Lipinski definition) is 7. The smallest absolute Gasteiger partial charge is 0.227 e. The topological polar surface area (TPSA) is 114 Å². The molecule has 0 bridgehead atoms. The molecule has 0 amide bonds. The van der Waals surface area contributed by atoms with Crippen molar-refractivity contribution in [2.45, 2.75) is 19.8 Å². The minimum absolute atomic E-state index is 0.181. The Hall–Kier alpha value is -3.22. The maximum absolute atomic E-state index is 11.9. The minimum atomic E-state index is -1.10. The molecular weight excluding hydrogens is 316 g/mol. The maximum Gasteiger partial charge on any atom is 0.227 e. The second kappa shape index (κ2) is 5.77. The molecule has 0 spiro atoms. The van der Waals surface area contributed by atoms with E-state index in [1.807, 2.05) is 0 Å². The lowest BCUT2D eigenvalue weighted by atomic mass is 9.97. The van der Waals surface area contributed by atoms with Crippen LogP contribution in [0.4, 0.5) is 0 Å². The van der Waals surface area contributed by atoms with Crippen LogP contribution in [0.3, 0.4) is 0 Å². The number of aryl methyl sites for hydroxylation is 2. The molecule has 124 valence electrons. The van der Waals surface area contributed by atoms with Crippen LogP contribution in [0, 0.1) is 13.8 Å². The van der Waals surface area contributed by atoms with Gasteiger partial charge in [-0.3, -0.25) is 9.59 Å². The third-order valence-electron chi connectivity index (χ3n) is 3.50. The summed E-state index contributed by atoms with van der Waals surface area (Å²) in [6, 6.07) is 5.39. The van der Waals surface area contributed by atoms with Crippen LogP contribution < -0.4 is 10.9 Å². The second-order valence-corrected chi connectivity index (χ2v) is 5.32. The van der Waals surface area contributed by atoms with Gasteiger partial charge in [0, 0.05) is 12.1 Å². The molecular formula is C17H14O7. The molecule has 0 radical (unpaired) electrons. The van der Waals surface area contributed by atoms with Crippen molar-refractivity contribution in [3.05, 3.63) is 79.8 Å². The number of furan rings is 1. The first-order valence-electron chi connectivity index (χ1n) is 7.09. The van der Waals surface area contributed by atoms with Gasteiger partial charge in [0.15, 0.2) is 11.5 Å². The van der Waals surface area contributed by atoms with Crippen molar-refractivity contribution < 1.29 is 23.5 Å². The van der Waals surface area contributed by atoms with Crippen molar-refractivity contribution in [1.82, 2.24) is 0 Å². The summed E-state index contributed by atoms with van der Waals surface area (Å²) in [6.45, 7) is 3.08. The van der Waals surface area contributed by atoms with Crippen LogP contribution in [0.25, 0.3) is 0 Å². The summed E-state index contributed by atoms with van der Waals surface area (Å²) < 4.78 is 16.3.